The zero-order valence-electron chi connectivity index (χ0n) is 12.1. The molecule has 3 heteroatoms. The number of rotatable bonds is 2. The SMILES string of the molecule is Cc1ccc(C)c(-c2ccc(=S)n(-c3ccccc3)n2)c1. The van der Waals surface area contributed by atoms with Crippen LogP contribution in [0.4, 0.5) is 0 Å². The predicted molar refractivity (Wildman–Crippen MR) is 89.3 cm³/mol. The van der Waals surface area contributed by atoms with Crippen LogP contribution in [0, 0.1) is 18.5 Å². The minimum atomic E-state index is 0.704. The van der Waals surface area contributed by atoms with Gasteiger partial charge in [0.25, 0.3) is 0 Å². The highest BCUT2D eigenvalue weighted by atomic mass is 32.1. The van der Waals surface area contributed by atoms with Gasteiger partial charge in [-0.05, 0) is 49.7 Å². The van der Waals surface area contributed by atoms with Crippen molar-refractivity contribution in [1.29, 1.82) is 0 Å². The Labute approximate surface area is 129 Å². The molecule has 104 valence electrons. The Morgan fingerprint density at radius 2 is 1.67 bits per heavy atom. The first-order valence-electron chi connectivity index (χ1n) is 6.88. The number of aromatic nitrogens is 2. The van der Waals surface area contributed by atoms with Crippen LogP contribution in [0.3, 0.4) is 0 Å². The summed E-state index contributed by atoms with van der Waals surface area (Å²) >= 11 is 5.40. The molecule has 0 N–H and O–H groups in total. The molecule has 1 aromatic heterocycles. The van der Waals surface area contributed by atoms with Crippen molar-refractivity contribution in [2.75, 3.05) is 0 Å². The van der Waals surface area contributed by atoms with Crippen molar-refractivity contribution in [3.05, 3.63) is 76.4 Å². The molecule has 2 aromatic carbocycles. The maximum atomic E-state index is 5.40. The number of benzene rings is 2. The average Bonchev–Trinajstić information content (AvgIpc) is 2.51. The quantitative estimate of drug-likeness (QED) is 0.626. The fourth-order valence-corrected chi connectivity index (χ4v) is 2.54. The number of nitrogens with zero attached hydrogens (tertiary/aromatic N) is 2. The van der Waals surface area contributed by atoms with Gasteiger partial charge < -0.3 is 0 Å². The van der Waals surface area contributed by atoms with Gasteiger partial charge in [0.2, 0.25) is 0 Å². The van der Waals surface area contributed by atoms with Crippen molar-refractivity contribution in [1.82, 2.24) is 9.78 Å². The molecule has 0 aliphatic rings. The molecule has 0 saturated heterocycles. The van der Waals surface area contributed by atoms with Gasteiger partial charge in [0.15, 0.2) is 0 Å². The van der Waals surface area contributed by atoms with Crippen molar-refractivity contribution in [2.24, 2.45) is 0 Å². The van der Waals surface area contributed by atoms with Gasteiger partial charge in [-0.2, -0.15) is 5.10 Å². The van der Waals surface area contributed by atoms with Crippen LogP contribution in [0.25, 0.3) is 16.9 Å². The molecular weight excluding hydrogens is 276 g/mol. The van der Waals surface area contributed by atoms with Crippen LogP contribution in [0.15, 0.2) is 60.7 Å². The summed E-state index contributed by atoms with van der Waals surface area (Å²) in [5.41, 5.74) is 5.51. The largest absolute Gasteiger partial charge is 0.222 e. The number of para-hydroxylation sites is 1. The normalized spacial score (nSPS) is 10.6. The average molecular weight is 292 g/mol. The predicted octanol–water partition coefficient (Wildman–Crippen LogP) is 4.89. The molecule has 0 radical (unpaired) electrons. The van der Waals surface area contributed by atoms with Crippen molar-refractivity contribution in [3.63, 3.8) is 0 Å². The van der Waals surface area contributed by atoms with E-state index in [2.05, 4.69) is 32.0 Å². The van der Waals surface area contributed by atoms with Crippen molar-refractivity contribution in [3.8, 4) is 16.9 Å². The van der Waals surface area contributed by atoms with Crippen LogP contribution in [0.1, 0.15) is 11.1 Å². The molecular formula is C18H16N2S. The van der Waals surface area contributed by atoms with E-state index in [9.17, 15) is 0 Å². The van der Waals surface area contributed by atoms with E-state index < -0.39 is 0 Å². The summed E-state index contributed by atoms with van der Waals surface area (Å²) in [7, 11) is 0. The molecule has 0 spiro atoms. The number of hydrogen-bond donors (Lipinski definition) is 0. The van der Waals surface area contributed by atoms with E-state index in [0.29, 0.717) is 4.64 Å². The summed E-state index contributed by atoms with van der Waals surface area (Å²) in [5.74, 6) is 0. The van der Waals surface area contributed by atoms with Gasteiger partial charge in [0.05, 0.1) is 11.4 Å². The lowest BCUT2D eigenvalue weighted by molar-refractivity contribution is 0.834. The first kappa shape index (κ1) is 13.7. The maximum absolute atomic E-state index is 5.40. The number of hydrogen-bond acceptors (Lipinski definition) is 2. The van der Waals surface area contributed by atoms with Crippen molar-refractivity contribution in [2.45, 2.75) is 13.8 Å². The Hall–Kier alpha value is -2.26. The molecule has 3 aromatic rings. The smallest absolute Gasteiger partial charge is 0.128 e. The van der Waals surface area contributed by atoms with Gasteiger partial charge in [-0.15, -0.1) is 0 Å². The van der Waals surface area contributed by atoms with E-state index in [-0.39, 0.29) is 0 Å². The first-order chi connectivity index (χ1) is 10.1. The molecule has 0 bridgehead atoms. The van der Waals surface area contributed by atoms with Crippen LogP contribution in [-0.4, -0.2) is 9.78 Å². The molecule has 2 nitrogen and oxygen atoms in total. The van der Waals surface area contributed by atoms with Gasteiger partial charge in [0.1, 0.15) is 4.64 Å². The van der Waals surface area contributed by atoms with Gasteiger partial charge in [0, 0.05) is 5.56 Å². The Morgan fingerprint density at radius 3 is 2.43 bits per heavy atom. The molecule has 0 aliphatic heterocycles. The lowest BCUT2D eigenvalue weighted by Crippen LogP contribution is -2.03. The lowest BCUT2D eigenvalue weighted by atomic mass is 10.0. The second-order valence-electron chi connectivity index (χ2n) is 5.12. The van der Waals surface area contributed by atoms with E-state index in [1.54, 1.807) is 0 Å². The Morgan fingerprint density at radius 1 is 0.905 bits per heavy atom. The zero-order chi connectivity index (χ0) is 14.8. The molecule has 0 fully saturated rings. The summed E-state index contributed by atoms with van der Waals surface area (Å²) in [6.45, 7) is 4.19. The second-order valence-corrected chi connectivity index (χ2v) is 5.54. The van der Waals surface area contributed by atoms with Gasteiger partial charge >= 0.3 is 0 Å². The molecule has 0 unspecified atom stereocenters. The fourth-order valence-electron chi connectivity index (χ4n) is 2.32. The monoisotopic (exact) mass is 292 g/mol. The van der Waals surface area contributed by atoms with Crippen LogP contribution in [0.2, 0.25) is 0 Å². The minimum absolute atomic E-state index is 0.704. The molecule has 0 aliphatic carbocycles. The lowest BCUT2D eigenvalue weighted by Gasteiger charge is -2.10. The van der Waals surface area contributed by atoms with Crippen LogP contribution in [-0.2, 0) is 0 Å². The van der Waals surface area contributed by atoms with Crippen LogP contribution >= 0.6 is 12.2 Å². The van der Waals surface area contributed by atoms with Gasteiger partial charge in [-0.25, -0.2) is 4.68 Å². The zero-order valence-corrected chi connectivity index (χ0v) is 12.9. The van der Waals surface area contributed by atoms with E-state index in [4.69, 9.17) is 17.3 Å². The summed E-state index contributed by atoms with van der Waals surface area (Å²) in [5, 5.41) is 4.73. The highest BCUT2D eigenvalue weighted by molar-refractivity contribution is 7.71. The summed E-state index contributed by atoms with van der Waals surface area (Å²) in [6, 6.07) is 20.3. The van der Waals surface area contributed by atoms with E-state index in [1.807, 2.05) is 47.1 Å². The number of aryl methyl sites for hydroxylation is 2. The highest BCUT2D eigenvalue weighted by Crippen LogP contribution is 2.23. The summed E-state index contributed by atoms with van der Waals surface area (Å²) in [6.07, 6.45) is 0. The van der Waals surface area contributed by atoms with E-state index >= 15 is 0 Å². The van der Waals surface area contributed by atoms with Crippen LogP contribution < -0.4 is 0 Å². The third-order valence-electron chi connectivity index (χ3n) is 3.47. The summed E-state index contributed by atoms with van der Waals surface area (Å²) < 4.78 is 2.52. The van der Waals surface area contributed by atoms with Gasteiger partial charge in [-0.1, -0.05) is 48.1 Å². The highest BCUT2D eigenvalue weighted by Gasteiger charge is 2.06. The molecule has 3 rings (SSSR count). The van der Waals surface area contributed by atoms with E-state index in [0.717, 1.165) is 16.9 Å². The third kappa shape index (κ3) is 2.78. The molecule has 1 heterocycles. The molecule has 21 heavy (non-hydrogen) atoms. The Bertz CT molecular complexity index is 835. The molecule has 0 saturated carbocycles. The summed E-state index contributed by atoms with van der Waals surface area (Å²) in [4.78, 5) is 0. The first-order valence-corrected chi connectivity index (χ1v) is 7.29. The van der Waals surface area contributed by atoms with Gasteiger partial charge in [-0.3, -0.25) is 0 Å². The van der Waals surface area contributed by atoms with Crippen LogP contribution in [0.5, 0.6) is 0 Å². The maximum Gasteiger partial charge on any atom is 0.128 e. The second kappa shape index (κ2) is 5.62. The van der Waals surface area contributed by atoms with E-state index in [1.165, 1.54) is 11.1 Å². The molecule has 0 amide bonds. The van der Waals surface area contributed by atoms with Crippen molar-refractivity contribution < 1.29 is 0 Å². The Kier molecular flexibility index (Phi) is 3.67. The minimum Gasteiger partial charge on any atom is -0.222 e. The Balaban J connectivity index is 2.18. The molecule has 0 atom stereocenters. The topological polar surface area (TPSA) is 17.8 Å². The van der Waals surface area contributed by atoms with Crippen molar-refractivity contribution >= 4 is 12.2 Å². The standard InChI is InChI=1S/C18H16N2S/c1-13-8-9-14(2)16(12-13)17-10-11-18(21)20(19-17)15-6-4-3-5-7-15/h3-12H,1-2H3. The third-order valence-corrected chi connectivity index (χ3v) is 3.78. The fraction of sp³-hybridized carbons (Fsp3) is 0.111.